The van der Waals surface area contributed by atoms with E-state index < -0.39 is 225 Å². The third-order valence-electron chi connectivity index (χ3n) is 21.6. The fourth-order valence-corrected chi connectivity index (χ4v) is 13.9. The molecule has 0 aromatic heterocycles. The summed E-state index contributed by atoms with van der Waals surface area (Å²) in [5, 5.41) is 66.3. The van der Waals surface area contributed by atoms with E-state index in [2.05, 4.69) is 69.1 Å². The SMILES string of the molecule is CC[C@@](C)(NC(=O)[C@H](CC(C)C)NC(=O)CNC(=O)C(C)(C)NC(=O)C(C)(C)NC(=O)C(C)(C)NC(=O)C(C)(C)NC(=O)[C@H](Cc1ccccc1)NC(C)=O)C(=O)NC(C)(C)C(=O)N1C[C@H](O)C[C@H]1C(=O)N[C@@H](CCC(N)=O)C(=O)N[C@](C)(CC)C(=O)N1C[C@H](O)C[C@H]1C(=O)NC(C)(C)C(=O)N1CCC[C@H]1C(=O)N[C@H](CO)Cc1ccccc1. The van der Waals surface area contributed by atoms with Gasteiger partial charge in [-0.3, -0.25) is 81.5 Å². The molecule has 17 amide bonds. The Kier molecular flexibility index (Phi) is 33.9. The van der Waals surface area contributed by atoms with E-state index in [4.69, 9.17) is 5.73 Å². The summed E-state index contributed by atoms with van der Waals surface area (Å²) in [5.41, 5.74) is -6.99. The van der Waals surface area contributed by atoms with Crippen LogP contribution < -0.4 is 74.9 Å². The molecule has 119 heavy (non-hydrogen) atoms. The number of carbonyl (C=O) groups is 17. The van der Waals surface area contributed by atoms with Crippen LogP contribution in [0.3, 0.4) is 0 Å². The Morgan fingerprint density at radius 3 is 1.38 bits per heavy atom. The highest BCUT2D eigenvalue weighted by Crippen LogP contribution is 2.29. The quantitative estimate of drug-likeness (QED) is 0.0334. The normalized spacial score (nSPS) is 19.1. The van der Waals surface area contributed by atoms with Crippen molar-refractivity contribution in [3.8, 4) is 0 Å². The number of nitrogens with two attached hydrogens (primary N) is 1. The van der Waals surface area contributed by atoms with Gasteiger partial charge >= 0.3 is 0 Å². The lowest BCUT2D eigenvalue weighted by Gasteiger charge is -2.38. The molecule has 3 fully saturated rings. The molecule has 0 radical (unpaired) electrons. The Balaban J connectivity index is 1.19. The van der Waals surface area contributed by atoms with Gasteiger partial charge in [0.05, 0.1) is 31.4 Å². The van der Waals surface area contributed by atoms with Crippen molar-refractivity contribution in [3.05, 3.63) is 71.8 Å². The lowest BCUT2D eigenvalue weighted by molar-refractivity contribution is -0.149. The van der Waals surface area contributed by atoms with Crippen LogP contribution in [0.2, 0.25) is 0 Å². The van der Waals surface area contributed by atoms with Gasteiger partial charge in [-0.15, -0.1) is 0 Å². The van der Waals surface area contributed by atoms with Crippen molar-refractivity contribution in [3.63, 3.8) is 0 Å². The van der Waals surface area contributed by atoms with Gasteiger partial charge in [0.25, 0.3) is 0 Å². The van der Waals surface area contributed by atoms with Crippen LogP contribution in [0, 0.1) is 5.92 Å². The van der Waals surface area contributed by atoms with E-state index in [1.165, 1.54) is 109 Å². The summed E-state index contributed by atoms with van der Waals surface area (Å²) in [6.45, 7) is 25.2. The van der Waals surface area contributed by atoms with Crippen LogP contribution in [0.15, 0.2) is 60.7 Å². The van der Waals surface area contributed by atoms with Gasteiger partial charge < -0.3 is 105 Å². The molecular weight excluding hydrogens is 1540 g/mol. The topological polar surface area (TPSA) is 543 Å². The summed E-state index contributed by atoms with van der Waals surface area (Å²) >= 11 is 0. The zero-order valence-electron chi connectivity index (χ0n) is 72.1. The largest absolute Gasteiger partial charge is 0.394 e. The van der Waals surface area contributed by atoms with E-state index in [-0.39, 0.29) is 64.1 Å². The van der Waals surface area contributed by atoms with Crippen LogP contribution in [0.1, 0.15) is 200 Å². The molecular formula is C82H127N17O20. The van der Waals surface area contributed by atoms with Crippen LogP contribution in [-0.2, 0) is 94.3 Å². The van der Waals surface area contributed by atoms with Gasteiger partial charge in [-0.1, -0.05) is 88.4 Å². The van der Waals surface area contributed by atoms with Gasteiger partial charge in [0, 0.05) is 52.2 Å². The molecule has 18 N–H and O–H groups in total. The molecule has 37 heteroatoms. The lowest BCUT2D eigenvalue weighted by atomic mass is 9.93. The summed E-state index contributed by atoms with van der Waals surface area (Å²) in [7, 11) is 0. The van der Waals surface area contributed by atoms with Crippen LogP contribution in [0.5, 0.6) is 0 Å². The predicted octanol–water partition coefficient (Wildman–Crippen LogP) is -2.30. The maximum Gasteiger partial charge on any atom is 0.248 e. The summed E-state index contributed by atoms with van der Waals surface area (Å²) in [4.78, 5) is 240. The third kappa shape index (κ3) is 27.2. The van der Waals surface area contributed by atoms with Crippen molar-refractivity contribution in [1.82, 2.24) is 83.8 Å². The standard InChI is InChI=1S/C82H127N17O20/c1-20-81(18,91-63(108)54(37-46(3)4)87-60(105)42-84-67(112)75(6,7)93-69(114)77(10,11)95-70(115)78(12,13)94-68(113)76(8,9)89-62(107)55(85-47(5)101)39-49-31-26-23-27-32-49)71(116)96-80(16,17)73(118)98-43-51(102)40-57(98)65(110)88-53(34-35-59(83)104)61(106)92-82(19,21-2)74(119)99-44-52(103)41-58(99)66(111)90-79(14,15)72(117)97-36-28-33-56(97)64(109)86-50(45-100)38-48-29-24-22-25-30-48/h22-27,29-32,46,50-58,100,102-103H,20-21,28,33-45H2,1-19H3,(H2,83,104)(H,84,112)(H,85,101)(H,86,109)(H,87,105)(H,88,110)(H,89,107)(H,90,111)(H,91,108)(H,92,106)(H,93,114)(H,94,113)(H,95,115)(H,96,116)/t50-,51+,52+,53-,54-,55-,56-,57-,58-,81+,82+/m0/s1. The fourth-order valence-electron chi connectivity index (χ4n) is 13.9. The van der Waals surface area contributed by atoms with E-state index >= 15 is 0 Å². The number of hydrogen-bond donors (Lipinski definition) is 17. The van der Waals surface area contributed by atoms with Crippen LogP contribution in [0.4, 0.5) is 0 Å². The molecule has 5 rings (SSSR count). The lowest BCUT2D eigenvalue weighted by Crippen LogP contribution is -2.68. The predicted molar refractivity (Wildman–Crippen MR) is 436 cm³/mol. The molecule has 2 aromatic carbocycles. The summed E-state index contributed by atoms with van der Waals surface area (Å²) < 4.78 is 0. The minimum Gasteiger partial charge on any atom is -0.394 e. The first-order valence-corrected chi connectivity index (χ1v) is 40.3. The molecule has 0 spiro atoms. The number of β-amino-alcohol motifs (C(OH)–C–C–N with tert-alkyl or cyclic N) is 2. The second-order valence-electron chi connectivity index (χ2n) is 35.3. The average molecular weight is 1670 g/mol. The number of hydrogen-bond acceptors (Lipinski definition) is 20. The number of aliphatic hydroxyl groups excluding tert-OH is 3. The molecule has 11 atom stereocenters. The molecule has 3 aliphatic rings. The van der Waals surface area contributed by atoms with E-state index in [0.29, 0.717) is 19.3 Å². The van der Waals surface area contributed by atoms with E-state index in [1.807, 2.05) is 30.3 Å². The Labute approximate surface area is 695 Å². The Hall–Kier alpha value is -10.7. The second kappa shape index (κ2) is 40.8. The number of rotatable bonds is 40. The molecule has 660 valence electrons. The number of nitrogens with one attached hydrogen (secondary N) is 13. The first kappa shape index (κ1) is 98.9. The highest BCUT2D eigenvalue weighted by Gasteiger charge is 2.52. The molecule has 2 aromatic rings. The van der Waals surface area contributed by atoms with E-state index in [9.17, 15) is 96.8 Å². The molecule has 3 heterocycles. The van der Waals surface area contributed by atoms with Gasteiger partial charge in [-0.2, -0.15) is 0 Å². The van der Waals surface area contributed by atoms with Gasteiger partial charge in [0.15, 0.2) is 0 Å². The first-order chi connectivity index (χ1) is 55.0. The maximum atomic E-state index is 14.8. The molecule has 0 saturated carbocycles. The van der Waals surface area contributed by atoms with Gasteiger partial charge in [0.1, 0.15) is 80.6 Å². The monoisotopic (exact) mass is 1670 g/mol. The van der Waals surface area contributed by atoms with Crippen molar-refractivity contribution in [2.75, 3.05) is 32.8 Å². The average Bonchev–Trinajstić information content (AvgIpc) is 1.66. The van der Waals surface area contributed by atoms with Crippen LogP contribution >= 0.6 is 0 Å². The smallest absolute Gasteiger partial charge is 0.248 e. The number of carbonyl (C=O) groups excluding carboxylic acids is 17. The Bertz CT molecular complexity index is 4080. The van der Waals surface area contributed by atoms with E-state index in [0.717, 1.165) is 20.9 Å². The number of nitrogens with zero attached hydrogens (tertiary/aromatic N) is 3. The van der Waals surface area contributed by atoms with E-state index in [1.54, 1.807) is 58.0 Å². The minimum absolute atomic E-state index is 0.0109. The van der Waals surface area contributed by atoms with Crippen LogP contribution in [-0.4, -0.2) is 262 Å². The number of likely N-dealkylation sites (tertiary alicyclic amines) is 3. The molecule has 3 aliphatic heterocycles. The second-order valence-corrected chi connectivity index (χ2v) is 35.3. The van der Waals surface area contributed by atoms with Gasteiger partial charge in [-0.25, -0.2) is 0 Å². The number of aliphatic hydroxyl groups is 3. The van der Waals surface area contributed by atoms with Gasteiger partial charge in [-0.05, 0) is 159 Å². The van der Waals surface area contributed by atoms with Crippen molar-refractivity contribution in [2.45, 2.75) is 301 Å². The number of primary amides is 1. The highest BCUT2D eigenvalue weighted by atomic mass is 16.3. The van der Waals surface area contributed by atoms with Crippen molar-refractivity contribution in [2.24, 2.45) is 11.7 Å². The molecule has 37 nitrogen and oxygen atoms in total. The van der Waals surface area contributed by atoms with Gasteiger partial charge in [0.2, 0.25) is 100 Å². The minimum atomic E-state index is -1.91. The highest BCUT2D eigenvalue weighted by molar-refractivity contribution is 6.04. The number of benzene rings is 2. The molecule has 0 unspecified atom stereocenters. The Morgan fingerprint density at radius 1 is 0.462 bits per heavy atom. The zero-order valence-corrected chi connectivity index (χ0v) is 72.1. The molecule has 0 bridgehead atoms. The van der Waals surface area contributed by atoms with Crippen molar-refractivity contribution < 1.29 is 96.8 Å². The maximum absolute atomic E-state index is 14.8. The first-order valence-electron chi connectivity index (χ1n) is 40.3. The Morgan fingerprint density at radius 2 is 0.891 bits per heavy atom. The summed E-state index contributed by atoms with van der Waals surface area (Å²) in [5.74, 6) is -14.0. The molecule has 3 saturated heterocycles. The van der Waals surface area contributed by atoms with Crippen LogP contribution in [0.25, 0.3) is 0 Å². The summed E-state index contributed by atoms with van der Waals surface area (Å²) in [6.07, 6.45) is -3.16. The van der Waals surface area contributed by atoms with Crippen molar-refractivity contribution >= 4 is 100 Å². The molecule has 0 aliphatic carbocycles. The zero-order chi connectivity index (χ0) is 90.1. The third-order valence-corrected chi connectivity index (χ3v) is 21.6. The fraction of sp³-hybridized carbons (Fsp3) is 0.646. The number of amides is 17. The van der Waals surface area contributed by atoms with Crippen molar-refractivity contribution in [1.29, 1.82) is 0 Å². The summed E-state index contributed by atoms with van der Waals surface area (Å²) in [6, 6.07) is 9.58.